The van der Waals surface area contributed by atoms with Gasteiger partial charge in [-0.05, 0) is 18.2 Å². The SMILES string of the molecule is CC(C)NCc1cc(Br)ccc1OCCF. The second kappa shape index (κ2) is 6.86. The quantitative estimate of drug-likeness (QED) is 0.868. The smallest absolute Gasteiger partial charge is 0.123 e. The molecule has 0 heterocycles. The lowest BCUT2D eigenvalue weighted by Gasteiger charge is -2.13. The van der Waals surface area contributed by atoms with Crippen LogP contribution in [-0.2, 0) is 6.54 Å². The predicted octanol–water partition coefficient (Wildman–Crippen LogP) is 3.30. The molecule has 1 N–H and O–H groups in total. The maximum Gasteiger partial charge on any atom is 0.123 e. The number of benzene rings is 1. The fraction of sp³-hybridized carbons (Fsp3) is 0.500. The summed E-state index contributed by atoms with van der Waals surface area (Å²) in [5.74, 6) is 0.744. The van der Waals surface area contributed by atoms with E-state index in [9.17, 15) is 4.39 Å². The van der Waals surface area contributed by atoms with Crippen LogP contribution in [-0.4, -0.2) is 19.3 Å². The molecule has 1 rings (SSSR count). The van der Waals surface area contributed by atoms with E-state index in [1.807, 2.05) is 18.2 Å². The van der Waals surface area contributed by atoms with E-state index in [-0.39, 0.29) is 6.61 Å². The maximum absolute atomic E-state index is 12.1. The zero-order chi connectivity index (χ0) is 12.0. The van der Waals surface area contributed by atoms with E-state index < -0.39 is 6.67 Å². The first kappa shape index (κ1) is 13.5. The molecule has 0 bridgehead atoms. The first-order valence-corrected chi connectivity index (χ1v) is 6.13. The van der Waals surface area contributed by atoms with Gasteiger partial charge in [0, 0.05) is 22.6 Å². The summed E-state index contributed by atoms with van der Waals surface area (Å²) in [6.07, 6.45) is 0. The summed E-state index contributed by atoms with van der Waals surface area (Å²) in [6.45, 7) is 4.53. The van der Waals surface area contributed by atoms with E-state index in [1.54, 1.807) is 0 Å². The highest BCUT2D eigenvalue weighted by atomic mass is 79.9. The summed E-state index contributed by atoms with van der Waals surface area (Å²) >= 11 is 3.41. The number of hydrogen-bond donors (Lipinski definition) is 1. The average Bonchev–Trinajstić information content (AvgIpc) is 2.25. The van der Waals surface area contributed by atoms with E-state index in [4.69, 9.17) is 4.74 Å². The molecule has 0 spiro atoms. The van der Waals surface area contributed by atoms with Crippen molar-refractivity contribution in [2.75, 3.05) is 13.3 Å². The van der Waals surface area contributed by atoms with Gasteiger partial charge in [-0.1, -0.05) is 29.8 Å². The molecule has 0 amide bonds. The van der Waals surface area contributed by atoms with Gasteiger partial charge in [0.1, 0.15) is 19.0 Å². The van der Waals surface area contributed by atoms with Gasteiger partial charge >= 0.3 is 0 Å². The molecule has 0 atom stereocenters. The van der Waals surface area contributed by atoms with Crippen LogP contribution in [0.15, 0.2) is 22.7 Å². The molecule has 0 aliphatic heterocycles. The molecule has 1 aromatic rings. The lowest BCUT2D eigenvalue weighted by Crippen LogP contribution is -2.22. The van der Waals surface area contributed by atoms with Crippen molar-refractivity contribution in [3.8, 4) is 5.75 Å². The van der Waals surface area contributed by atoms with Crippen molar-refractivity contribution in [3.63, 3.8) is 0 Å². The van der Waals surface area contributed by atoms with Crippen molar-refractivity contribution in [2.45, 2.75) is 26.4 Å². The number of rotatable bonds is 6. The van der Waals surface area contributed by atoms with Crippen LogP contribution in [0.2, 0.25) is 0 Å². The minimum absolute atomic E-state index is 0.107. The minimum atomic E-state index is -0.465. The van der Waals surface area contributed by atoms with Crippen LogP contribution in [0.3, 0.4) is 0 Å². The fourth-order valence-electron chi connectivity index (χ4n) is 1.29. The number of alkyl halides is 1. The van der Waals surface area contributed by atoms with E-state index >= 15 is 0 Å². The van der Waals surface area contributed by atoms with E-state index in [2.05, 4.69) is 35.1 Å². The average molecular weight is 290 g/mol. The first-order chi connectivity index (χ1) is 7.63. The highest BCUT2D eigenvalue weighted by Crippen LogP contribution is 2.23. The molecule has 0 saturated carbocycles. The molecular formula is C12H17BrFNO. The summed E-state index contributed by atoms with van der Waals surface area (Å²) in [4.78, 5) is 0. The first-order valence-electron chi connectivity index (χ1n) is 5.34. The Morgan fingerprint density at radius 2 is 2.19 bits per heavy atom. The molecule has 0 unspecified atom stereocenters. The Kier molecular flexibility index (Phi) is 5.77. The summed E-state index contributed by atoms with van der Waals surface area (Å²) in [5, 5.41) is 3.31. The maximum atomic E-state index is 12.1. The lowest BCUT2D eigenvalue weighted by molar-refractivity contribution is 0.270. The van der Waals surface area contributed by atoms with Gasteiger partial charge in [-0.2, -0.15) is 0 Å². The molecule has 16 heavy (non-hydrogen) atoms. The number of hydrogen-bond acceptors (Lipinski definition) is 2. The summed E-state index contributed by atoms with van der Waals surface area (Å²) in [6, 6.07) is 6.15. The van der Waals surface area contributed by atoms with Crippen LogP contribution >= 0.6 is 15.9 Å². The molecule has 4 heteroatoms. The van der Waals surface area contributed by atoms with E-state index in [1.165, 1.54) is 0 Å². The van der Waals surface area contributed by atoms with Gasteiger partial charge in [-0.3, -0.25) is 0 Å². The van der Waals surface area contributed by atoms with Crippen LogP contribution in [0.25, 0.3) is 0 Å². The van der Waals surface area contributed by atoms with Crippen molar-refractivity contribution in [3.05, 3.63) is 28.2 Å². The molecule has 0 aromatic heterocycles. The van der Waals surface area contributed by atoms with E-state index in [0.717, 1.165) is 22.3 Å². The van der Waals surface area contributed by atoms with Gasteiger partial charge in [-0.25, -0.2) is 4.39 Å². The molecule has 0 radical (unpaired) electrons. The highest BCUT2D eigenvalue weighted by molar-refractivity contribution is 9.10. The summed E-state index contributed by atoms with van der Waals surface area (Å²) in [7, 11) is 0. The molecule has 0 aliphatic carbocycles. The number of halogens is 2. The van der Waals surface area contributed by atoms with Crippen molar-refractivity contribution in [1.82, 2.24) is 5.32 Å². The minimum Gasteiger partial charge on any atom is -0.491 e. The van der Waals surface area contributed by atoms with Gasteiger partial charge in [0.2, 0.25) is 0 Å². The number of nitrogens with one attached hydrogen (secondary N) is 1. The van der Waals surface area contributed by atoms with Gasteiger partial charge in [0.15, 0.2) is 0 Å². The predicted molar refractivity (Wildman–Crippen MR) is 67.6 cm³/mol. The Balaban J connectivity index is 2.72. The van der Waals surface area contributed by atoms with Crippen molar-refractivity contribution in [1.29, 1.82) is 0 Å². The van der Waals surface area contributed by atoms with E-state index in [0.29, 0.717) is 6.04 Å². The monoisotopic (exact) mass is 289 g/mol. The Hall–Kier alpha value is -0.610. The Labute approximate surface area is 104 Å². The summed E-state index contributed by atoms with van der Waals surface area (Å²) < 4.78 is 18.4. The lowest BCUT2D eigenvalue weighted by atomic mass is 10.2. The van der Waals surface area contributed by atoms with Gasteiger partial charge in [0.25, 0.3) is 0 Å². The normalized spacial score (nSPS) is 10.8. The zero-order valence-corrected chi connectivity index (χ0v) is 11.2. The molecule has 0 aliphatic rings. The third kappa shape index (κ3) is 4.49. The third-order valence-corrected chi connectivity index (χ3v) is 2.55. The largest absolute Gasteiger partial charge is 0.491 e. The summed E-state index contributed by atoms with van der Waals surface area (Å²) in [5.41, 5.74) is 1.04. The molecule has 0 saturated heterocycles. The number of ether oxygens (including phenoxy) is 1. The van der Waals surface area contributed by atoms with Gasteiger partial charge < -0.3 is 10.1 Å². The highest BCUT2D eigenvalue weighted by Gasteiger charge is 2.05. The second-order valence-corrected chi connectivity index (χ2v) is 4.74. The van der Waals surface area contributed by atoms with Crippen LogP contribution < -0.4 is 10.1 Å². The Morgan fingerprint density at radius 3 is 2.81 bits per heavy atom. The van der Waals surface area contributed by atoms with Crippen LogP contribution in [0, 0.1) is 0 Å². The Morgan fingerprint density at radius 1 is 1.44 bits per heavy atom. The fourth-order valence-corrected chi connectivity index (χ4v) is 1.70. The zero-order valence-electron chi connectivity index (χ0n) is 9.59. The molecular weight excluding hydrogens is 273 g/mol. The van der Waals surface area contributed by atoms with Crippen molar-refractivity contribution < 1.29 is 9.13 Å². The third-order valence-electron chi connectivity index (χ3n) is 2.06. The van der Waals surface area contributed by atoms with Gasteiger partial charge in [-0.15, -0.1) is 0 Å². The van der Waals surface area contributed by atoms with Crippen LogP contribution in [0.1, 0.15) is 19.4 Å². The molecule has 0 fully saturated rings. The van der Waals surface area contributed by atoms with Crippen molar-refractivity contribution in [2.24, 2.45) is 0 Å². The topological polar surface area (TPSA) is 21.3 Å². The van der Waals surface area contributed by atoms with Crippen LogP contribution in [0.5, 0.6) is 5.75 Å². The van der Waals surface area contributed by atoms with Crippen LogP contribution in [0.4, 0.5) is 4.39 Å². The molecule has 2 nitrogen and oxygen atoms in total. The molecule has 1 aromatic carbocycles. The standard InChI is InChI=1S/C12H17BrFNO/c1-9(2)15-8-10-7-11(13)3-4-12(10)16-6-5-14/h3-4,7,9,15H,5-6,8H2,1-2H3. The second-order valence-electron chi connectivity index (χ2n) is 3.83. The van der Waals surface area contributed by atoms with Crippen molar-refractivity contribution >= 4 is 15.9 Å². The molecule has 90 valence electrons. The Bertz CT molecular complexity index is 331. The van der Waals surface area contributed by atoms with Gasteiger partial charge in [0.05, 0.1) is 0 Å².